The summed E-state index contributed by atoms with van der Waals surface area (Å²) in [5.41, 5.74) is 1.52. The van der Waals surface area contributed by atoms with Crippen molar-refractivity contribution in [3.05, 3.63) is 58.4 Å². The molecular weight excluding hydrogens is 353 g/mol. The van der Waals surface area contributed by atoms with Gasteiger partial charge < -0.3 is 14.4 Å². The van der Waals surface area contributed by atoms with Crippen LogP contribution in [0.4, 0.5) is 4.39 Å². The van der Waals surface area contributed by atoms with Crippen molar-refractivity contribution in [2.75, 3.05) is 19.6 Å². The minimum Gasteiger partial charge on any atom is -0.444 e. The monoisotopic (exact) mass is 375 g/mol. The maximum atomic E-state index is 14.5. The number of likely N-dealkylation sites (tertiary alicyclic amines) is 1. The molecule has 2 heterocycles. The molecule has 0 radical (unpaired) electrons. The highest BCUT2D eigenvalue weighted by molar-refractivity contribution is 6.30. The zero-order chi connectivity index (χ0) is 18.3. The van der Waals surface area contributed by atoms with E-state index in [4.69, 9.17) is 21.1 Å². The number of benzene rings is 2. The molecule has 0 spiro atoms. The Balaban J connectivity index is 1.63. The third-order valence-electron chi connectivity index (χ3n) is 5.51. The molecule has 5 heteroatoms. The zero-order valence-electron chi connectivity index (χ0n) is 15.1. The van der Waals surface area contributed by atoms with Gasteiger partial charge >= 0.3 is 0 Å². The Labute approximate surface area is 158 Å². The molecule has 4 rings (SSSR count). The first-order valence-electron chi connectivity index (χ1n) is 9.19. The van der Waals surface area contributed by atoms with E-state index in [1.165, 1.54) is 6.07 Å². The highest BCUT2D eigenvalue weighted by atomic mass is 35.5. The summed E-state index contributed by atoms with van der Waals surface area (Å²) in [4.78, 5) is 2.46. The molecule has 1 saturated heterocycles. The average Bonchev–Trinajstić information content (AvgIpc) is 2.98. The summed E-state index contributed by atoms with van der Waals surface area (Å²) in [6, 6.07) is 10.6. The summed E-state index contributed by atoms with van der Waals surface area (Å²) in [6.07, 6.45) is 2.19. The smallest absolute Gasteiger partial charge is 0.278 e. The van der Waals surface area contributed by atoms with E-state index in [0.717, 1.165) is 43.8 Å². The number of nitrogens with zero attached hydrogens (tertiary/aromatic N) is 1. The normalized spacial score (nSPS) is 23.4. The van der Waals surface area contributed by atoms with E-state index in [0.29, 0.717) is 22.3 Å². The molecule has 2 aromatic rings. The molecular formula is C21H23ClFNO2. The van der Waals surface area contributed by atoms with E-state index in [1.54, 1.807) is 19.1 Å². The molecule has 2 aliphatic rings. The van der Waals surface area contributed by atoms with Crippen molar-refractivity contribution in [3.8, 4) is 11.5 Å². The summed E-state index contributed by atoms with van der Waals surface area (Å²) < 4.78 is 26.7. The van der Waals surface area contributed by atoms with E-state index >= 15 is 0 Å². The Kier molecular flexibility index (Phi) is 4.57. The first-order chi connectivity index (χ1) is 12.5. The summed E-state index contributed by atoms with van der Waals surface area (Å²) in [7, 11) is 0. The van der Waals surface area contributed by atoms with Gasteiger partial charge in [0.25, 0.3) is 5.79 Å². The molecule has 0 aromatic heterocycles. The quantitative estimate of drug-likeness (QED) is 0.724. The fourth-order valence-electron chi connectivity index (χ4n) is 4.00. The number of ether oxygens (including phenoxy) is 2. The highest BCUT2D eigenvalue weighted by Gasteiger charge is 2.42. The lowest BCUT2D eigenvalue weighted by atomic mass is 9.88. The molecule has 2 aromatic carbocycles. The van der Waals surface area contributed by atoms with E-state index in [1.807, 2.05) is 12.1 Å². The molecule has 0 amide bonds. The minimum absolute atomic E-state index is 0.352. The van der Waals surface area contributed by atoms with Crippen LogP contribution in [-0.4, -0.2) is 24.5 Å². The van der Waals surface area contributed by atoms with Gasteiger partial charge in [-0.15, -0.1) is 0 Å². The van der Waals surface area contributed by atoms with Gasteiger partial charge in [-0.2, -0.15) is 0 Å². The Bertz CT molecular complexity index is 820. The highest BCUT2D eigenvalue weighted by Crippen LogP contribution is 2.49. The van der Waals surface area contributed by atoms with Gasteiger partial charge in [0.2, 0.25) is 0 Å². The first-order valence-corrected chi connectivity index (χ1v) is 9.57. The van der Waals surface area contributed by atoms with E-state index in [9.17, 15) is 4.39 Å². The Morgan fingerprint density at radius 1 is 1.19 bits per heavy atom. The van der Waals surface area contributed by atoms with Gasteiger partial charge in [-0.3, -0.25) is 0 Å². The molecule has 26 heavy (non-hydrogen) atoms. The lowest BCUT2D eigenvalue weighted by molar-refractivity contribution is -0.0711. The SMILES string of the molecule is CCN1CCC(c2cccc3c2O[C@@](C)(c2ccc(Cl)cc2F)O3)CC1. The molecule has 0 N–H and O–H groups in total. The van der Waals surface area contributed by atoms with Crippen molar-refractivity contribution in [1.82, 2.24) is 4.90 Å². The molecule has 138 valence electrons. The Hall–Kier alpha value is -1.78. The average molecular weight is 376 g/mol. The van der Waals surface area contributed by atoms with Crippen LogP contribution in [0, 0.1) is 5.82 Å². The van der Waals surface area contributed by atoms with Gasteiger partial charge in [0.05, 0.1) is 5.56 Å². The van der Waals surface area contributed by atoms with Gasteiger partial charge in [0.15, 0.2) is 11.5 Å². The van der Waals surface area contributed by atoms with Crippen molar-refractivity contribution < 1.29 is 13.9 Å². The lowest BCUT2D eigenvalue weighted by Crippen LogP contribution is -2.33. The topological polar surface area (TPSA) is 21.7 Å². The first kappa shape index (κ1) is 17.6. The zero-order valence-corrected chi connectivity index (χ0v) is 15.9. The van der Waals surface area contributed by atoms with Crippen LogP contribution in [0.3, 0.4) is 0 Å². The largest absolute Gasteiger partial charge is 0.444 e. The number of rotatable bonds is 3. The maximum Gasteiger partial charge on any atom is 0.278 e. The van der Waals surface area contributed by atoms with Crippen molar-refractivity contribution >= 4 is 11.6 Å². The second-order valence-electron chi connectivity index (χ2n) is 7.16. The second-order valence-corrected chi connectivity index (χ2v) is 7.59. The van der Waals surface area contributed by atoms with Crippen LogP contribution in [0.1, 0.15) is 43.7 Å². The number of halogens is 2. The molecule has 1 fully saturated rings. The number of para-hydroxylation sites is 1. The third kappa shape index (κ3) is 3.06. The summed E-state index contributed by atoms with van der Waals surface area (Å²) in [5.74, 6) is 0.257. The summed E-state index contributed by atoms with van der Waals surface area (Å²) in [5, 5.41) is 0.355. The number of fused-ring (bicyclic) bond motifs is 1. The van der Waals surface area contributed by atoms with Gasteiger partial charge in [-0.25, -0.2) is 4.39 Å². The van der Waals surface area contributed by atoms with Crippen LogP contribution in [-0.2, 0) is 5.79 Å². The van der Waals surface area contributed by atoms with Gasteiger partial charge in [-0.05, 0) is 62.7 Å². The van der Waals surface area contributed by atoms with Crippen LogP contribution in [0.2, 0.25) is 5.02 Å². The Morgan fingerprint density at radius 3 is 2.65 bits per heavy atom. The molecule has 2 aliphatic heterocycles. The predicted octanol–water partition coefficient (Wildman–Crippen LogP) is 5.32. The van der Waals surface area contributed by atoms with Crippen LogP contribution in [0.15, 0.2) is 36.4 Å². The summed E-state index contributed by atoms with van der Waals surface area (Å²) >= 11 is 5.88. The van der Waals surface area contributed by atoms with Crippen LogP contribution in [0.25, 0.3) is 0 Å². The van der Waals surface area contributed by atoms with Crippen LogP contribution < -0.4 is 9.47 Å². The van der Waals surface area contributed by atoms with Crippen molar-refractivity contribution in [2.45, 2.75) is 38.4 Å². The van der Waals surface area contributed by atoms with Gasteiger partial charge in [0, 0.05) is 17.5 Å². The maximum absolute atomic E-state index is 14.5. The van der Waals surface area contributed by atoms with E-state index < -0.39 is 11.6 Å². The fraction of sp³-hybridized carbons (Fsp3) is 0.429. The molecule has 1 atom stereocenters. The number of hydrogen-bond acceptors (Lipinski definition) is 3. The van der Waals surface area contributed by atoms with Crippen molar-refractivity contribution in [1.29, 1.82) is 0 Å². The van der Waals surface area contributed by atoms with Crippen LogP contribution >= 0.6 is 11.6 Å². The molecule has 0 unspecified atom stereocenters. The predicted molar refractivity (Wildman–Crippen MR) is 101 cm³/mol. The number of piperidine rings is 1. The van der Waals surface area contributed by atoms with Crippen molar-refractivity contribution in [3.63, 3.8) is 0 Å². The van der Waals surface area contributed by atoms with Crippen molar-refractivity contribution in [2.24, 2.45) is 0 Å². The molecule has 0 bridgehead atoms. The van der Waals surface area contributed by atoms with Crippen LogP contribution in [0.5, 0.6) is 11.5 Å². The fourth-order valence-corrected chi connectivity index (χ4v) is 4.16. The van der Waals surface area contributed by atoms with E-state index in [2.05, 4.69) is 17.9 Å². The molecule has 0 saturated carbocycles. The third-order valence-corrected chi connectivity index (χ3v) is 5.74. The summed E-state index contributed by atoms with van der Waals surface area (Å²) in [6.45, 7) is 7.23. The van der Waals surface area contributed by atoms with Gasteiger partial charge in [0.1, 0.15) is 5.82 Å². The molecule has 3 nitrogen and oxygen atoms in total. The molecule has 0 aliphatic carbocycles. The Morgan fingerprint density at radius 2 is 1.96 bits per heavy atom. The lowest BCUT2D eigenvalue weighted by Gasteiger charge is -2.31. The van der Waals surface area contributed by atoms with Gasteiger partial charge in [-0.1, -0.05) is 30.7 Å². The number of hydrogen-bond donors (Lipinski definition) is 0. The second kappa shape index (κ2) is 6.75. The van der Waals surface area contributed by atoms with E-state index in [-0.39, 0.29) is 0 Å². The minimum atomic E-state index is -1.18. The standard InChI is InChI=1S/C21H23ClFNO2/c1-3-24-11-9-14(10-12-24)16-5-4-6-19-20(16)26-21(2,25-19)17-8-7-15(22)13-18(17)23/h4-8,13-14H,3,9-12H2,1-2H3/t21-/m0/s1.